The van der Waals surface area contributed by atoms with Crippen molar-refractivity contribution in [2.75, 3.05) is 11.6 Å². The lowest BCUT2D eigenvalue weighted by atomic mass is 10.2. The molecule has 2 rings (SSSR count). The van der Waals surface area contributed by atoms with Crippen LogP contribution in [-0.4, -0.2) is 22.3 Å². The Morgan fingerprint density at radius 3 is 2.84 bits per heavy atom. The molecule has 1 aromatic heterocycles. The summed E-state index contributed by atoms with van der Waals surface area (Å²) in [5.74, 6) is -0.825. The Bertz CT molecular complexity index is 667. The van der Waals surface area contributed by atoms with Crippen molar-refractivity contribution in [2.24, 2.45) is 0 Å². The second kappa shape index (κ2) is 5.62. The third-order valence-electron chi connectivity index (χ3n) is 2.47. The molecule has 0 atom stereocenters. The highest BCUT2D eigenvalue weighted by Crippen LogP contribution is 2.20. The van der Waals surface area contributed by atoms with E-state index >= 15 is 0 Å². The fourth-order valence-electron chi connectivity index (χ4n) is 1.54. The van der Waals surface area contributed by atoms with Crippen LogP contribution in [0.3, 0.4) is 0 Å². The van der Waals surface area contributed by atoms with Gasteiger partial charge in [0, 0.05) is 22.8 Å². The quantitative estimate of drug-likeness (QED) is 0.749. The molecule has 0 saturated heterocycles. The highest BCUT2D eigenvalue weighted by Gasteiger charge is 2.11. The Balaban J connectivity index is 2.23. The molecule has 3 N–H and O–H groups in total. The molecule has 1 amide bonds. The van der Waals surface area contributed by atoms with Gasteiger partial charge >= 0.3 is 0 Å². The Morgan fingerprint density at radius 1 is 1.37 bits per heavy atom. The number of pyridine rings is 1. The second-order valence-electron chi connectivity index (χ2n) is 3.78. The number of hydrogen-bond donors (Lipinski definition) is 3. The average Bonchev–Trinajstić information content (AvgIpc) is 2.38. The van der Waals surface area contributed by atoms with Gasteiger partial charge in [-0.3, -0.25) is 9.59 Å². The zero-order valence-electron chi connectivity index (χ0n) is 10.1. The van der Waals surface area contributed by atoms with Crippen molar-refractivity contribution in [3.8, 4) is 5.75 Å². The van der Waals surface area contributed by atoms with Crippen molar-refractivity contribution in [1.29, 1.82) is 0 Å². The molecule has 0 radical (unpaired) electrons. The average molecular weight is 276 g/mol. The molecule has 0 aliphatic carbocycles. The van der Waals surface area contributed by atoms with E-state index in [0.717, 1.165) is 11.0 Å². The summed E-state index contributed by atoms with van der Waals surface area (Å²) >= 11 is 1.56. The monoisotopic (exact) mass is 276 g/mol. The van der Waals surface area contributed by atoms with Crippen molar-refractivity contribution in [3.05, 3.63) is 52.4 Å². The molecule has 0 bridgehead atoms. The molecule has 0 unspecified atom stereocenters. The number of carbonyl (C=O) groups excluding carboxylic acids is 1. The molecule has 0 saturated carbocycles. The van der Waals surface area contributed by atoms with Gasteiger partial charge in [0.2, 0.25) is 0 Å². The maximum Gasteiger partial charge on any atom is 0.260 e. The molecular weight excluding hydrogens is 264 g/mol. The second-order valence-corrected chi connectivity index (χ2v) is 4.66. The van der Waals surface area contributed by atoms with Crippen LogP contribution in [0.15, 0.2) is 46.2 Å². The Labute approximate surface area is 113 Å². The summed E-state index contributed by atoms with van der Waals surface area (Å²) in [6.07, 6.45) is 3.13. The van der Waals surface area contributed by atoms with Gasteiger partial charge in [-0.05, 0) is 24.5 Å². The van der Waals surface area contributed by atoms with Gasteiger partial charge in [0.1, 0.15) is 5.75 Å². The van der Waals surface area contributed by atoms with Crippen LogP contribution >= 0.6 is 11.8 Å². The molecule has 5 nitrogen and oxygen atoms in total. The number of aromatic hydroxyl groups is 1. The van der Waals surface area contributed by atoms with Crippen LogP contribution < -0.4 is 10.9 Å². The van der Waals surface area contributed by atoms with Crippen molar-refractivity contribution >= 4 is 23.4 Å². The third-order valence-corrected chi connectivity index (χ3v) is 3.20. The summed E-state index contributed by atoms with van der Waals surface area (Å²) in [4.78, 5) is 26.3. The Morgan fingerprint density at radius 2 is 2.16 bits per heavy atom. The summed E-state index contributed by atoms with van der Waals surface area (Å²) in [6.45, 7) is 0. The summed E-state index contributed by atoms with van der Waals surface area (Å²) in [6, 6.07) is 8.30. The SMILES string of the molecule is CSc1cccc(NC(=O)c2c[nH]c(=O)cc2O)c1. The number of hydrogen-bond acceptors (Lipinski definition) is 4. The molecule has 1 heterocycles. The zero-order valence-corrected chi connectivity index (χ0v) is 11.0. The standard InChI is InChI=1S/C13H12N2O3S/c1-19-9-4-2-3-8(5-9)15-13(18)10-7-14-12(17)6-11(10)16/h2-7H,1H3,(H,15,18)(H2,14,16,17). The van der Waals surface area contributed by atoms with Gasteiger partial charge in [-0.15, -0.1) is 11.8 Å². The van der Waals surface area contributed by atoms with Crippen molar-refractivity contribution < 1.29 is 9.90 Å². The van der Waals surface area contributed by atoms with E-state index < -0.39 is 11.5 Å². The topological polar surface area (TPSA) is 82.2 Å². The minimum atomic E-state index is -0.480. The molecule has 19 heavy (non-hydrogen) atoms. The highest BCUT2D eigenvalue weighted by atomic mass is 32.2. The first-order valence-corrected chi connectivity index (χ1v) is 6.70. The molecule has 0 fully saturated rings. The van der Waals surface area contributed by atoms with Crippen LogP contribution in [0.5, 0.6) is 5.75 Å². The predicted molar refractivity (Wildman–Crippen MR) is 74.9 cm³/mol. The van der Waals surface area contributed by atoms with Gasteiger partial charge in [-0.1, -0.05) is 6.07 Å². The van der Waals surface area contributed by atoms with Crippen LogP contribution in [0.4, 0.5) is 5.69 Å². The first-order chi connectivity index (χ1) is 9.10. The van der Waals surface area contributed by atoms with Gasteiger partial charge in [0.15, 0.2) is 0 Å². The lowest BCUT2D eigenvalue weighted by Crippen LogP contribution is -2.15. The van der Waals surface area contributed by atoms with E-state index in [2.05, 4.69) is 10.3 Å². The third kappa shape index (κ3) is 3.17. The summed E-state index contributed by atoms with van der Waals surface area (Å²) in [7, 11) is 0. The minimum absolute atomic E-state index is 0.0224. The van der Waals surface area contributed by atoms with Crippen LogP contribution in [0.2, 0.25) is 0 Å². The van der Waals surface area contributed by atoms with Crippen LogP contribution in [0.25, 0.3) is 0 Å². The van der Waals surface area contributed by atoms with Crippen LogP contribution in [0, 0.1) is 0 Å². The number of amides is 1. The normalized spacial score (nSPS) is 10.2. The van der Waals surface area contributed by atoms with E-state index in [1.165, 1.54) is 6.20 Å². The van der Waals surface area contributed by atoms with Crippen LogP contribution in [0.1, 0.15) is 10.4 Å². The summed E-state index contributed by atoms with van der Waals surface area (Å²) in [5.41, 5.74) is 0.190. The number of benzene rings is 1. The lowest BCUT2D eigenvalue weighted by molar-refractivity contribution is 0.102. The maximum atomic E-state index is 11.9. The first kappa shape index (κ1) is 13.2. The first-order valence-electron chi connectivity index (χ1n) is 5.47. The molecule has 0 aliphatic heterocycles. The van der Waals surface area contributed by atoms with E-state index in [1.54, 1.807) is 17.8 Å². The Hall–Kier alpha value is -2.21. The van der Waals surface area contributed by atoms with E-state index in [4.69, 9.17) is 0 Å². The largest absolute Gasteiger partial charge is 0.507 e. The van der Waals surface area contributed by atoms with Gasteiger partial charge in [0.05, 0.1) is 5.56 Å². The highest BCUT2D eigenvalue weighted by molar-refractivity contribution is 7.98. The number of aromatic amines is 1. The van der Waals surface area contributed by atoms with Gasteiger partial charge in [-0.2, -0.15) is 0 Å². The van der Waals surface area contributed by atoms with Crippen molar-refractivity contribution in [1.82, 2.24) is 4.98 Å². The fourth-order valence-corrected chi connectivity index (χ4v) is 2.00. The maximum absolute atomic E-state index is 11.9. The molecule has 98 valence electrons. The number of anilines is 1. The minimum Gasteiger partial charge on any atom is -0.507 e. The van der Waals surface area contributed by atoms with Gasteiger partial charge in [0.25, 0.3) is 11.5 Å². The molecule has 0 aliphatic rings. The number of nitrogens with one attached hydrogen (secondary N) is 2. The molecular formula is C13H12N2O3S. The van der Waals surface area contributed by atoms with E-state index in [9.17, 15) is 14.7 Å². The number of rotatable bonds is 3. The molecule has 2 aromatic rings. The summed E-state index contributed by atoms with van der Waals surface area (Å²) in [5, 5.41) is 12.2. The van der Waals surface area contributed by atoms with E-state index in [-0.39, 0.29) is 11.3 Å². The lowest BCUT2D eigenvalue weighted by Gasteiger charge is -2.07. The van der Waals surface area contributed by atoms with Crippen molar-refractivity contribution in [3.63, 3.8) is 0 Å². The number of aromatic nitrogens is 1. The smallest absolute Gasteiger partial charge is 0.260 e. The van der Waals surface area contributed by atoms with E-state index in [0.29, 0.717) is 5.69 Å². The van der Waals surface area contributed by atoms with Crippen molar-refractivity contribution in [2.45, 2.75) is 4.90 Å². The molecule has 1 aromatic carbocycles. The number of thioether (sulfide) groups is 1. The number of H-pyrrole nitrogens is 1. The molecule has 6 heteroatoms. The molecule has 0 spiro atoms. The number of carbonyl (C=O) groups is 1. The summed E-state index contributed by atoms with van der Waals surface area (Å²) < 4.78 is 0. The van der Waals surface area contributed by atoms with Crippen LogP contribution in [-0.2, 0) is 0 Å². The predicted octanol–water partition coefficient (Wildman–Crippen LogP) is 2.05. The zero-order chi connectivity index (χ0) is 13.8. The van der Waals surface area contributed by atoms with Gasteiger partial charge < -0.3 is 15.4 Å². The fraction of sp³-hybridized carbons (Fsp3) is 0.0769. The Kier molecular flexibility index (Phi) is 3.91. The van der Waals surface area contributed by atoms with Gasteiger partial charge in [-0.25, -0.2) is 0 Å². The van der Waals surface area contributed by atoms with E-state index in [1.807, 2.05) is 24.5 Å².